The van der Waals surface area contributed by atoms with E-state index in [1.165, 1.54) is 0 Å². The molecule has 0 saturated heterocycles. The van der Waals surface area contributed by atoms with Gasteiger partial charge in [-0.2, -0.15) is 0 Å². The van der Waals surface area contributed by atoms with Crippen molar-refractivity contribution in [2.75, 3.05) is 13.2 Å². The molecule has 122 valence electrons. The Morgan fingerprint density at radius 1 is 1.13 bits per heavy atom. The van der Waals surface area contributed by atoms with Gasteiger partial charge in [-0.3, -0.25) is 4.79 Å². The first-order chi connectivity index (χ1) is 11.2. The normalized spacial score (nSPS) is 11.9. The quantitative estimate of drug-likeness (QED) is 0.737. The van der Waals surface area contributed by atoms with E-state index in [1.807, 2.05) is 61.5 Å². The highest BCUT2D eigenvalue weighted by atomic mass is 35.5. The van der Waals surface area contributed by atoms with Crippen LogP contribution in [-0.4, -0.2) is 19.1 Å². The molecule has 1 unspecified atom stereocenters. The molecule has 3 nitrogen and oxygen atoms in total. The van der Waals surface area contributed by atoms with Crippen LogP contribution in [0.25, 0.3) is 0 Å². The molecule has 1 atom stereocenters. The van der Waals surface area contributed by atoms with Gasteiger partial charge in [0.1, 0.15) is 0 Å². The number of amides is 1. The van der Waals surface area contributed by atoms with Crippen molar-refractivity contribution >= 4 is 17.5 Å². The molecule has 0 radical (unpaired) electrons. The van der Waals surface area contributed by atoms with Crippen molar-refractivity contribution in [3.63, 3.8) is 0 Å². The lowest BCUT2D eigenvalue weighted by Gasteiger charge is -2.19. The van der Waals surface area contributed by atoms with Crippen molar-refractivity contribution < 1.29 is 9.53 Å². The van der Waals surface area contributed by atoms with Crippen molar-refractivity contribution in [3.05, 3.63) is 70.7 Å². The molecule has 0 spiro atoms. The van der Waals surface area contributed by atoms with Crippen molar-refractivity contribution in [2.24, 2.45) is 0 Å². The van der Waals surface area contributed by atoms with Crippen molar-refractivity contribution in [1.29, 1.82) is 0 Å². The van der Waals surface area contributed by atoms with E-state index < -0.39 is 0 Å². The Bertz CT molecular complexity index is 599. The van der Waals surface area contributed by atoms with E-state index in [4.69, 9.17) is 16.3 Å². The van der Waals surface area contributed by atoms with E-state index in [0.29, 0.717) is 24.7 Å². The first kappa shape index (κ1) is 17.5. The molecule has 1 N–H and O–H groups in total. The third-order valence-corrected chi connectivity index (χ3v) is 3.82. The van der Waals surface area contributed by atoms with Crippen molar-refractivity contribution in [3.8, 4) is 0 Å². The number of nitrogens with one attached hydrogen (secondary N) is 1. The van der Waals surface area contributed by atoms with Crippen LogP contribution in [0.1, 0.15) is 30.5 Å². The summed E-state index contributed by atoms with van der Waals surface area (Å²) in [6, 6.07) is 17.7. The van der Waals surface area contributed by atoms with Crippen molar-refractivity contribution in [2.45, 2.75) is 25.8 Å². The largest absolute Gasteiger partial charge is 0.381 e. The Hall–Kier alpha value is -1.84. The first-order valence-electron chi connectivity index (χ1n) is 7.85. The van der Waals surface area contributed by atoms with Gasteiger partial charge < -0.3 is 10.1 Å². The van der Waals surface area contributed by atoms with Gasteiger partial charge in [-0.05, 0) is 36.6 Å². The number of hydrogen-bond acceptors (Lipinski definition) is 2. The Morgan fingerprint density at radius 3 is 2.48 bits per heavy atom. The fourth-order valence-electron chi connectivity index (χ4n) is 2.37. The van der Waals surface area contributed by atoms with Gasteiger partial charge in [0.15, 0.2) is 0 Å². The summed E-state index contributed by atoms with van der Waals surface area (Å²) < 4.78 is 5.25. The minimum atomic E-state index is -0.0634. The predicted octanol–water partition coefficient (Wildman–Crippen LogP) is 4.17. The molecule has 2 rings (SSSR count). The third-order valence-electron chi connectivity index (χ3n) is 3.57. The Balaban J connectivity index is 2.06. The zero-order valence-corrected chi connectivity index (χ0v) is 14.1. The summed E-state index contributed by atoms with van der Waals surface area (Å²) in [4.78, 5) is 12.1. The van der Waals surface area contributed by atoms with Crippen LogP contribution < -0.4 is 5.32 Å². The molecule has 1 amide bonds. The van der Waals surface area contributed by atoms with Gasteiger partial charge in [0.25, 0.3) is 0 Å². The molecule has 4 heteroatoms. The summed E-state index contributed by atoms with van der Waals surface area (Å²) in [6.45, 7) is 3.00. The monoisotopic (exact) mass is 331 g/mol. The number of ether oxygens (including phenoxy) is 1. The fourth-order valence-corrected chi connectivity index (χ4v) is 2.50. The number of benzene rings is 2. The molecule has 0 aliphatic rings. The Kier molecular flexibility index (Phi) is 7.11. The van der Waals surface area contributed by atoms with Gasteiger partial charge >= 0.3 is 0 Å². The summed E-state index contributed by atoms with van der Waals surface area (Å²) >= 11 is 5.94. The summed E-state index contributed by atoms with van der Waals surface area (Å²) in [7, 11) is 0. The SMILES string of the molecule is CCOCCC(=O)NC(Cc1ccc(Cl)cc1)c1ccccc1. The summed E-state index contributed by atoms with van der Waals surface area (Å²) in [5.74, 6) is 0.00117. The Morgan fingerprint density at radius 2 is 1.83 bits per heavy atom. The predicted molar refractivity (Wildman–Crippen MR) is 93.6 cm³/mol. The molecule has 0 aliphatic carbocycles. The highest BCUT2D eigenvalue weighted by molar-refractivity contribution is 6.30. The number of halogens is 1. The van der Waals surface area contributed by atoms with Gasteiger partial charge in [0, 0.05) is 18.1 Å². The number of rotatable bonds is 8. The van der Waals surface area contributed by atoms with Crippen LogP contribution in [0.4, 0.5) is 0 Å². The highest BCUT2D eigenvalue weighted by Crippen LogP contribution is 2.20. The van der Waals surface area contributed by atoms with Crippen LogP contribution in [0.15, 0.2) is 54.6 Å². The first-order valence-corrected chi connectivity index (χ1v) is 8.23. The van der Waals surface area contributed by atoms with E-state index in [-0.39, 0.29) is 11.9 Å². The minimum Gasteiger partial charge on any atom is -0.381 e. The van der Waals surface area contributed by atoms with Gasteiger partial charge in [-0.1, -0.05) is 54.1 Å². The van der Waals surface area contributed by atoms with E-state index >= 15 is 0 Å². The molecule has 0 aromatic heterocycles. The molecule has 2 aromatic rings. The molecule has 0 aliphatic heterocycles. The average Bonchev–Trinajstić information content (AvgIpc) is 2.57. The van der Waals surface area contributed by atoms with Crippen LogP contribution in [0.2, 0.25) is 5.02 Å². The van der Waals surface area contributed by atoms with Gasteiger partial charge in [-0.25, -0.2) is 0 Å². The lowest BCUT2D eigenvalue weighted by molar-refractivity contribution is -0.122. The van der Waals surface area contributed by atoms with E-state index in [9.17, 15) is 4.79 Å². The molecule has 0 bridgehead atoms. The van der Waals surface area contributed by atoms with Crippen LogP contribution in [0.3, 0.4) is 0 Å². The van der Waals surface area contributed by atoms with Crippen molar-refractivity contribution in [1.82, 2.24) is 5.32 Å². The summed E-state index contributed by atoms with van der Waals surface area (Å²) in [5, 5.41) is 3.82. The standard InChI is InChI=1S/C19H22ClNO2/c1-2-23-13-12-19(22)21-18(16-6-4-3-5-7-16)14-15-8-10-17(20)11-9-15/h3-11,18H,2,12-14H2,1H3,(H,21,22). The number of carbonyl (C=O) groups is 1. The second kappa shape index (κ2) is 9.33. The molecule has 23 heavy (non-hydrogen) atoms. The maximum atomic E-state index is 12.1. The molecule has 0 fully saturated rings. The maximum Gasteiger partial charge on any atom is 0.222 e. The van der Waals surface area contributed by atoms with E-state index in [1.54, 1.807) is 0 Å². The third kappa shape index (κ3) is 6.05. The Labute approximate surface area is 142 Å². The summed E-state index contributed by atoms with van der Waals surface area (Å²) in [5.41, 5.74) is 2.22. The smallest absolute Gasteiger partial charge is 0.222 e. The molecular formula is C19H22ClNO2. The lowest BCUT2D eigenvalue weighted by atomic mass is 9.98. The molecule has 2 aromatic carbocycles. The average molecular weight is 332 g/mol. The molecule has 0 heterocycles. The second-order valence-electron chi connectivity index (χ2n) is 5.31. The maximum absolute atomic E-state index is 12.1. The van der Waals surface area contributed by atoms with Crippen LogP contribution in [0.5, 0.6) is 0 Å². The highest BCUT2D eigenvalue weighted by Gasteiger charge is 2.15. The molecular weight excluding hydrogens is 310 g/mol. The zero-order valence-electron chi connectivity index (χ0n) is 13.3. The fraction of sp³-hybridized carbons (Fsp3) is 0.316. The number of carbonyl (C=O) groups excluding carboxylic acids is 1. The second-order valence-corrected chi connectivity index (χ2v) is 5.74. The lowest BCUT2D eigenvalue weighted by Crippen LogP contribution is -2.30. The molecule has 0 saturated carbocycles. The number of hydrogen-bond donors (Lipinski definition) is 1. The van der Waals surface area contributed by atoms with Gasteiger partial charge in [0.2, 0.25) is 5.91 Å². The van der Waals surface area contributed by atoms with Gasteiger partial charge in [-0.15, -0.1) is 0 Å². The van der Waals surface area contributed by atoms with Crippen LogP contribution >= 0.6 is 11.6 Å². The topological polar surface area (TPSA) is 38.3 Å². The van der Waals surface area contributed by atoms with E-state index in [2.05, 4.69) is 5.32 Å². The van der Waals surface area contributed by atoms with Gasteiger partial charge in [0.05, 0.1) is 12.6 Å². The van der Waals surface area contributed by atoms with Crippen LogP contribution in [0, 0.1) is 0 Å². The minimum absolute atomic E-state index is 0.00117. The van der Waals surface area contributed by atoms with Crippen LogP contribution in [-0.2, 0) is 16.0 Å². The zero-order chi connectivity index (χ0) is 16.5. The van der Waals surface area contributed by atoms with E-state index in [0.717, 1.165) is 17.5 Å². The summed E-state index contributed by atoms with van der Waals surface area (Å²) in [6.07, 6.45) is 1.10.